The van der Waals surface area contributed by atoms with Crippen molar-refractivity contribution >= 4 is 11.9 Å². The molecular formula is C20H27N3O3. The highest BCUT2D eigenvalue weighted by Gasteiger charge is 2.58. The molecule has 6 nitrogen and oxygen atoms in total. The van der Waals surface area contributed by atoms with Gasteiger partial charge in [0.15, 0.2) is 0 Å². The van der Waals surface area contributed by atoms with Gasteiger partial charge in [-0.05, 0) is 37.3 Å². The second kappa shape index (κ2) is 6.99. The third kappa shape index (κ3) is 3.22. The molecule has 0 bridgehead atoms. The average molecular weight is 357 g/mol. The van der Waals surface area contributed by atoms with Crippen molar-refractivity contribution in [3.8, 4) is 0 Å². The van der Waals surface area contributed by atoms with Crippen molar-refractivity contribution in [2.45, 2.75) is 32.1 Å². The van der Waals surface area contributed by atoms with Crippen LogP contribution in [-0.4, -0.2) is 64.5 Å². The van der Waals surface area contributed by atoms with E-state index in [1.54, 1.807) is 11.1 Å². The Morgan fingerprint density at radius 3 is 2.69 bits per heavy atom. The molecule has 6 heteroatoms. The number of nitrogens with zero attached hydrogens (tertiary/aromatic N) is 3. The van der Waals surface area contributed by atoms with Gasteiger partial charge in [0.1, 0.15) is 5.41 Å². The predicted molar refractivity (Wildman–Crippen MR) is 96.5 cm³/mol. The van der Waals surface area contributed by atoms with Crippen LogP contribution in [0.5, 0.6) is 0 Å². The number of carbonyl (C=O) groups excluding carboxylic acids is 1. The maximum Gasteiger partial charge on any atom is 0.313 e. The molecule has 1 N–H and O–H groups in total. The number of likely N-dealkylation sites (tertiary alicyclic amines) is 2. The summed E-state index contributed by atoms with van der Waals surface area (Å²) in [6, 6.07) is 5.70. The van der Waals surface area contributed by atoms with Crippen LogP contribution in [0.2, 0.25) is 0 Å². The largest absolute Gasteiger partial charge is 0.481 e. The molecule has 2 atom stereocenters. The van der Waals surface area contributed by atoms with Gasteiger partial charge in [-0.15, -0.1) is 0 Å². The number of carboxylic acid groups (broad SMARTS) is 1. The molecule has 2 aliphatic heterocycles. The number of amides is 1. The number of carboxylic acids is 1. The van der Waals surface area contributed by atoms with E-state index in [0.29, 0.717) is 32.5 Å². The summed E-state index contributed by atoms with van der Waals surface area (Å²) in [4.78, 5) is 33.1. The second-order valence-electron chi connectivity index (χ2n) is 8.24. The molecule has 3 fully saturated rings. The molecule has 0 aromatic carbocycles. The van der Waals surface area contributed by atoms with Crippen LogP contribution < -0.4 is 0 Å². The fourth-order valence-corrected chi connectivity index (χ4v) is 4.78. The van der Waals surface area contributed by atoms with Crippen LogP contribution in [0.1, 0.15) is 31.4 Å². The number of aromatic nitrogens is 1. The standard InChI is InChI=1S/C20H27N3O3/c24-18(8-7-17-6-1-2-9-21-17)23-12-16-11-22(10-15-4-3-5-15)13-20(16,14-23)19(25)26/h1-2,6,9,15-16H,3-5,7-8,10-14H2,(H,25,26)/t16-,20-/m1/s1. The molecule has 4 rings (SSSR count). The summed E-state index contributed by atoms with van der Waals surface area (Å²) in [6.07, 6.45) is 6.60. The van der Waals surface area contributed by atoms with E-state index in [1.165, 1.54) is 19.3 Å². The summed E-state index contributed by atoms with van der Waals surface area (Å²) in [5, 5.41) is 9.93. The molecular weight excluding hydrogens is 330 g/mol. The van der Waals surface area contributed by atoms with Gasteiger partial charge in [-0.3, -0.25) is 14.6 Å². The minimum absolute atomic E-state index is 0.0521. The zero-order valence-corrected chi connectivity index (χ0v) is 15.1. The third-order valence-electron chi connectivity index (χ3n) is 6.52. The van der Waals surface area contributed by atoms with Crippen LogP contribution in [0.25, 0.3) is 0 Å². The summed E-state index contributed by atoms with van der Waals surface area (Å²) in [5.74, 6) is 0.115. The number of fused-ring (bicyclic) bond motifs is 1. The molecule has 0 spiro atoms. The smallest absolute Gasteiger partial charge is 0.313 e. The van der Waals surface area contributed by atoms with Gasteiger partial charge in [-0.25, -0.2) is 0 Å². The summed E-state index contributed by atoms with van der Waals surface area (Å²) in [6.45, 7) is 3.36. The van der Waals surface area contributed by atoms with Gasteiger partial charge in [0.2, 0.25) is 5.91 Å². The Kier molecular flexibility index (Phi) is 4.69. The molecule has 0 unspecified atom stereocenters. The first kappa shape index (κ1) is 17.5. The molecule has 1 aliphatic carbocycles. The first-order valence-corrected chi connectivity index (χ1v) is 9.70. The van der Waals surface area contributed by atoms with Gasteiger partial charge in [0.05, 0.1) is 0 Å². The lowest BCUT2D eigenvalue weighted by Gasteiger charge is -2.31. The Morgan fingerprint density at radius 2 is 2.08 bits per heavy atom. The first-order valence-electron chi connectivity index (χ1n) is 9.70. The van der Waals surface area contributed by atoms with Crippen molar-refractivity contribution in [2.75, 3.05) is 32.7 Å². The van der Waals surface area contributed by atoms with E-state index in [-0.39, 0.29) is 11.8 Å². The topological polar surface area (TPSA) is 73.7 Å². The molecule has 1 aromatic heterocycles. The summed E-state index contributed by atoms with van der Waals surface area (Å²) in [5.41, 5.74) is 0.129. The lowest BCUT2D eigenvalue weighted by atomic mass is 9.81. The molecule has 26 heavy (non-hydrogen) atoms. The Balaban J connectivity index is 1.36. The average Bonchev–Trinajstić information content (AvgIpc) is 3.12. The van der Waals surface area contributed by atoms with Crippen molar-refractivity contribution in [1.82, 2.24) is 14.8 Å². The number of hydrogen-bond acceptors (Lipinski definition) is 4. The molecule has 1 saturated carbocycles. The lowest BCUT2D eigenvalue weighted by Crippen LogP contribution is -2.43. The van der Waals surface area contributed by atoms with E-state index in [1.807, 2.05) is 18.2 Å². The summed E-state index contributed by atoms with van der Waals surface area (Å²) < 4.78 is 0. The molecule has 3 aliphatic rings. The molecule has 0 radical (unpaired) electrons. The van der Waals surface area contributed by atoms with Crippen LogP contribution in [0.4, 0.5) is 0 Å². The van der Waals surface area contributed by atoms with E-state index in [0.717, 1.165) is 24.7 Å². The highest BCUT2D eigenvalue weighted by atomic mass is 16.4. The SMILES string of the molecule is O=C(CCc1ccccn1)N1C[C@H]2CN(CC3CCC3)C[C@@]2(C(=O)O)C1. The van der Waals surface area contributed by atoms with Crippen LogP contribution >= 0.6 is 0 Å². The van der Waals surface area contributed by atoms with E-state index in [4.69, 9.17) is 0 Å². The highest BCUT2D eigenvalue weighted by molar-refractivity contribution is 5.81. The number of aliphatic carboxylic acids is 1. The number of carbonyl (C=O) groups is 2. The first-order chi connectivity index (χ1) is 12.6. The van der Waals surface area contributed by atoms with Crippen molar-refractivity contribution in [2.24, 2.45) is 17.3 Å². The van der Waals surface area contributed by atoms with Gasteiger partial charge in [-0.1, -0.05) is 12.5 Å². The summed E-state index contributed by atoms with van der Waals surface area (Å²) >= 11 is 0. The van der Waals surface area contributed by atoms with Crippen LogP contribution in [0.3, 0.4) is 0 Å². The number of hydrogen-bond donors (Lipinski definition) is 1. The van der Waals surface area contributed by atoms with Crippen molar-refractivity contribution < 1.29 is 14.7 Å². The quantitative estimate of drug-likeness (QED) is 0.838. The minimum atomic E-state index is -0.773. The van der Waals surface area contributed by atoms with Gasteiger partial charge in [0.25, 0.3) is 0 Å². The summed E-state index contributed by atoms with van der Waals surface area (Å²) in [7, 11) is 0. The molecule has 140 valence electrons. The van der Waals surface area contributed by atoms with Gasteiger partial charge < -0.3 is 14.9 Å². The maximum atomic E-state index is 12.6. The Morgan fingerprint density at radius 1 is 1.23 bits per heavy atom. The zero-order valence-electron chi connectivity index (χ0n) is 15.1. The Hall–Kier alpha value is -1.95. The molecule has 1 amide bonds. The Bertz CT molecular complexity index is 676. The van der Waals surface area contributed by atoms with E-state index in [2.05, 4.69) is 9.88 Å². The fourth-order valence-electron chi connectivity index (χ4n) is 4.78. The molecule has 1 aromatic rings. The number of pyridine rings is 1. The lowest BCUT2D eigenvalue weighted by molar-refractivity contribution is -0.149. The van der Waals surface area contributed by atoms with Crippen molar-refractivity contribution in [3.05, 3.63) is 30.1 Å². The normalized spacial score (nSPS) is 28.8. The molecule has 2 saturated heterocycles. The fraction of sp³-hybridized carbons (Fsp3) is 0.650. The zero-order chi connectivity index (χ0) is 18.1. The van der Waals surface area contributed by atoms with Gasteiger partial charge in [-0.2, -0.15) is 0 Å². The van der Waals surface area contributed by atoms with Gasteiger partial charge >= 0.3 is 5.97 Å². The highest BCUT2D eigenvalue weighted by Crippen LogP contribution is 2.44. The number of aryl methyl sites for hydroxylation is 1. The maximum absolute atomic E-state index is 12.6. The number of rotatable bonds is 6. The van der Waals surface area contributed by atoms with Crippen molar-refractivity contribution in [3.63, 3.8) is 0 Å². The van der Waals surface area contributed by atoms with Gasteiger partial charge in [0, 0.05) is 57.0 Å². The monoisotopic (exact) mass is 357 g/mol. The van der Waals surface area contributed by atoms with Crippen LogP contribution in [0.15, 0.2) is 24.4 Å². The third-order valence-corrected chi connectivity index (χ3v) is 6.52. The van der Waals surface area contributed by atoms with E-state index < -0.39 is 11.4 Å². The minimum Gasteiger partial charge on any atom is -0.481 e. The van der Waals surface area contributed by atoms with Crippen LogP contribution in [0, 0.1) is 17.3 Å². The van der Waals surface area contributed by atoms with E-state index in [9.17, 15) is 14.7 Å². The van der Waals surface area contributed by atoms with Crippen LogP contribution in [-0.2, 0) is 16.0 Å². The van der Waals surface area contributed by atoms with E-state index >= 15 is 0 Å². The Labute approximate surface area is 154 Å². The molecule has 3 heterocycles. The second-order valence-corrected chi connectivity index (χ2v) is 8.24. The predicted octanol–water partition coefficient (Wildman–Crippen LogP) is 1.66. The van der Waals surface area contributed by atoms with Crippen molar-refractivity contribution in [1.29, 1.82) is 0 Å².